The quantitative estimate of drug-likeness (QED) is 0.558. The van der Waals surface area contributed by atoms with Gasteiger partial charge in [-0.1, -0.05) is 55.5 Å². The predicted molar refractivity (Wildman–Crippen MR) is 134 cm³/mol. The monoisotopic (exact) mass is 446 g/mol. The summed E-state index contributed by atoms with van der Waals surface area (Å²) in [7, 11) is 1.73. The molecular formula is C29H38N2O2. The van der Waals surface area contributed by atoms with E-state index in [-0.39, 0.29) is 5.41 Å². The average Bonchev–Trinajstić information content (AvgIpc) is 3.47. The third kappa shape index (κ3) is 4.68. The molecule has 1 saturated heterocycles. The van der Waals surface area contributed by atoms with Crippen LogP contribution in [0.1, 0.15) is 68.1 Å². The van der Waals surface area contributed by atoms with Crippen molar-refractivity contribution >= 4 is 11.6 Å². The second-order valence-corrected chi connectivity index (χ2v) is 10.6. The fourth-order valence-electron chi connectivity index (χ4n) is 6.28. The normalized spacial score (nSPS) is 20.4. The minimum atomic E-state index is 0.0522. The zero-order chi connectivity index (χ0) is 22.8. The Morgan fingerprint density at radius 2 is 1.79 bits per heavy atom. The molecule has 1 spiro atoms. The van der Waals surface area contributed by atoms with E-state index < -0.39 is 0 Å². The molecule has 3 aliphatic rings. The number of amides is 1. The lowest BCUT2D eigenvalue weighted by Gasteiger charge is -2.40. The molecular weight excluding hydrogens is 408 g/mol. The molecule has 0 N–H and O–H groups in total. The lowest BCUT2D eigenvalue weighted by Crippen LogP contribution is -2.45. The molecule has 2 fully saturated rings. The molecule has 2 heterocycles. The van der Waals surface area contributed by atoms with E-state index in [1.54, 1.807) is 7.11 Å². The lowest BCUT2D eigenvalue weighted by atomic mass is 9.74. The maximum Gasteiger partial charge on any atom is 0.227 e. The number of ether oxygens (including phenoxy) is 1. The SMILES string of the molecule is COc1ccc2c(c1)C1(CCN(Cc3ccc(C)cc3)CC1)CN2C(=O)CCC1CCCC1. The zero-order valence-corrected chi connectivity index (χ0v) is 20.3. The van der Waals surface area contributed by atoms with Crippen LogP contribution in [0.15, 0.2) is 42.5 Å². The molecule has 1 aliphatic carbocycles. The number of hydrogen-bond acceptors (Lipinski definition) is 3. The second-order valence-electron chi connectivity index (χ2n) is 10.6. The van der Waals surface area contributed by atoms with Gasteiger partial charge >= 0.3 is 0 Å². The van der Waals surface area contributed by atoms with E-state index in [0.29, 0.717) is 12.3 Å². The largest absolute Gasteiger partial charge is 0.497 e. The summed E-state index contributed by atoms with van der Waals surface area (Å²) in [5.74, 6) is 1.97. The Balaban J connectivity index is 1.30. The fraction of sp³-hybridized carbons (Fsp3) is 0.552. The maximum atomic E-state index is 13.4. The number of nitrogens with zero attached hydrogens (tertiary/aromatic N) is 2. The molecule has 0 aromatic heterocycles. The molecule has 4 nitrogen and oxygen atoms in total. The van der Waals surface area contributed by atoms with Crippen molar-refractivity contribution in [1.82, 2.24) is 4.90 Å². The van der Waals surface area contributed by atoms with Crippen LogP contribution in [0.3, 0.4) is 0 Å². The number of anilines is 1. The van der Waals surface area contributed by atoms with Crippen LogP contribution in [-0.4, -0.2) is 37.6 Å². The van der Waals surface area contributed by atoms with Crippen LogP contribution >= 0.6 is 0 Å². The minimum Gasteiger partial charge on any atom is -0.497 e. The minimum absolute atomic E-state index is 0.0522. The predicted octanol–water partition coefficient (Wildman–Crippen LogP) is 5.85. The molecule has 33 heavy (non-hydrogen) atoms. The van der Waals surface area contributed by atoms with Crippen LogP contribution in [-0.2, 0) is 16.8 Å². The highest BCUT2D eigenvalue weighted by atomic mass is 16.5. The van der Waals surface area contributed by atoms with Gasteiger partial charge in [-0.2, -0.15) is 0 Å². The Labute approximate surface area is 198 Å². The van der Waals surface area contributed by atoms with Crippen LogP contribution in [0.25, 0.3) is 0 Å². The molecule has 4 heteroatoms. The third-order valence-electron chi connectivity index (χ3n) is 8.41. The van der Waals surface area contributed by atoms with Crippen molar-refractivity contribution in [3.05, 3.63) is 59.2 Å². The van der Waals surface area contributed by atoms with Crippen molar-refractivity contribution in [2.75, 3.05) is 31.6 Å². The molecule has 0 unspecified atom stereocenters. The summed E-state index contributed by atoms with van der Waals surface area (Å²) in [6.07, 6.45) is 9.21. The Bertz CT molecular complexity index is 970. The summed E-state index contributed by atoms with van der Waals surface area (Å²) in [5, 5.41) is 0. The highest BCUT2D eigenvalue weighted by molar-refractivity contribution is 5.96. The molecule has 2 aromatic carbocycles. The first-order valence-electron chi connectivity index (χ1n) is 12.8. The van der Waals surface area contributed by atoms with Gasteiger partial charge in [0.05, 0.1) is 7.11 Å². The van der Waals surface area contributed by atoms with E-state index in [4.69, 9.17) is 4.74 Å². The molecule has 1 amide bonds. The Morgan fingerprint density at radius 1 is 1.06 bits per heavy atom. The van der Waals surface area contributed by atoms with Gasteiger partial charge in [0.1, 0.15) is 5.75 Å². The van der Waals surface area contributed by atoms with Crippen LogP contribution in [0.5, 0.6) is 5.75 Å². The van der Waals surface area contributed by atoms with Gasteiger partial charge in [0.25, 0.3) is 0 Å². The number of carbonyl (C=O) groups is 1. The number of carbonyl (C=O) groups excluding carboxylic acids is 1. The van der Waals surface area contributed by atoms with Crippen LogP contribution in [0.2, 0.25) is 0 Å². The highest BCUT2D eigenvalue weighted by Crippen LogP contribution is 2.48. The van der Waals surface area contributed by atoms with E-state index in [9.17, 15) is 4.79 Å². The number of piperidine rings is 1. The van der Waals surface area contributed by atoms with Gasteiger partial charge in [-0.05, 0) is 74.5 Å². The van der Waals surface area contributed by atoms with Crippen LogP contribution in [0.4, 0.5) is 5.69 Å². The Kier molecular flexibility index (Phi) is 6.47. The molecule has 0 bridgehead atoms. The first kappa shape index (κ1) is 22.5. The Morgan fingerprint density at radius 3 is 2.48 bits per heavy atom. The molecule has 2 aromatic rings. The molecule has 2 aliphatic heterocycles. The summed E-state index contributed by atoms with van der Waals surface area (Å²) < 4.78 is 5.58. The van der Waals surface area contributed by atoms with Crippen molar-refractivity contribution in [2.24, 2.45) is 5.92 Å². The summed E-state index contributed by atoms with van der Waals surface area (Å²) in [4.78, 5) is 18.0. The van der Waals surface area contributed by atoms with E-state index >= 15 is 0 Å². The van der Waals surface area contributed by atoms with Gasteiger partial charge in [-0.25, -0.2) is 0 Å². The number of hydrogen-bond donors (Lipinski definition) is 0. The molecule has 1 saturated carbocycles. The van der Waals surface area contributed by atoms with Crippen LogP contribution in [0, 0.1) is 12.8 Å². The number of rotatable bonds is 6. The van der Waals surface area contributed by atoms with Gasteiger partial charge in [-0.3, -0.25) is 9.69 Å². The fourth-order valence-corrected chi connectivity index (χ4v) is 6.28. The first-order chi connectivity index (χ1) is 16.1. The van der Waals surface area contributed by atoms with E-state index in [2.05, 4.69) is 53.1 Å². The molecule has 176 valence electrons. The summed E-state index contributed by atoms with van der Waals surface area (Å²) in [6, 6.07) is 15.2. The van der Waals surface area contributed by atoms with Crippen LogP contribution < -0.4 is 9.64 Å². The number of methoxy groups -OCH3 is 1. The van der Waals surface area contributed by atoms with Gasteiger partial charge in [-0.15, -0.1) is 0 Å². The van der Waals surface area contributed by atoms with E-state index in [0.717, 1.165) is 62.8 Å². The third-order valence-corrected chi connectivity index (χ3v) is 8.41. The number of likely N-dealkylation sites (tertiary alicyclic amines) is 1. The molecule has 0 atom stereocenters. The second kappa shape index (κ2) is 9.50. The van der Waals surface area contributed by atoms with Gasteiger partial charge in [0, 0.05) is 30.6 Å². The maximum absolute atomic E-state index is 13.4. The van der Waals surface area contributed by atoms with Crippen molar-refractivity contribution in [1.29, 1.82) is 0 Å². The zero-order valence-electron chi connectivity index (χ0n) is 20.3. The summed E-state index contributed by atoms with van der Waals surface area (Å²) in [6.45, 7) is 6.10. The van der Waals surface area contributed by atoms with Gasteiger partial charge < -0.3 is 9.64 Å². The average molecular weight is 447 g/mol. The number of benzene rings is 2. The topological polar surface area (TPSA) is 32.8 Å². The Hall–Kier alpha value is -2.33. The van der Waals surface area contributed by atoms with E-state index in [1.165, 1.54) is 42.4 Å². The smallest absolute Gasteiger partial charge is 0.227 e. The molecule has 0 radical (unpaired) electrons. The van der Waals surface area contributed by atoms with Crippen molar-refractivity contribution in [3.8, 4) is 5.75 Å². The summed E-state index contributed by atoms with van der Waals surface area (Å²) >= 11 is 0. The van der Waals surface area contributed by atoms with Gasteiger partial charge in [0.2, 0.25) is 5.91 Å². The summed E-state index contributed by atoms with van der Waals surface area (Å²) in [5.41, 5.74) is 5.20. The van der Waals surface area contributed by atoms with Gasteiger partial charge in [0.15, 0.2) is 0 Å². The number of aryl methyl sites for hydroxylation is 1. The van der Waals surface area contributed by atoms with Crippen molar-refractivity contribution in [2.45, 2.75) is 70.3 Å². The lowest BCUT2D eigenvalue weighted by molar-refractivity contribution is -0.119. The molecule has 5 rings (SSSR count). The van der Waals surface area contributed by atoms with E-state index in [1.807, 2.05) is 6.07 Å². The number of fused-ring (bicyclic) bond motifs is 2. The first-order valence-corrected chi connectivity index (χ1v) is 12.8. The van der Waals surface area contributed by atoms with Crippen molar-refractivity contribution in [3.63, 3.8) is 0 Å². The van der Waals surface area contributed by atoms with Crippen molar-refractivity contribution < 1.29 is 9.53 Å². The highest BCUT2D eigenvalue weighted by Gasteiger charge is 2.46. The standard InChI is InChI=1S/C29H38N2O2/c1-22-7-9-24(10-8-22)20-30-17-15-29(16-18-30)21-31(27-13-12-25(33-2)19-26(27)29)28(32)14-11-23-5-3-4-6-23/h7-10,12-13,19,23H,3-6,11,14-18,20-21H2,1-2H3.